The van der Waals surface area contributed by atoms with E-state index in [4.69, 9.17) is 16.6 Å². The van der Waals surface area contributed by atoms with Crippen molar-refractivity contribution in [1.82, 2.24) is 9.55 Å². The van der Waals surface area contributed by atoms with E-state index in [1.807, 2.05) is 0 Å². The van der Waals surface area contributed by atoms with E-state index < -0.39 is 0 Å². The van der Waals surface area contributed by atoms with E-state index in [0.717, 1.165) is 17.3 Å². The fraction of sp³-hybridized carbons (Fsp3) is 0.611. The SMILES string of the molecule is CCCC1CCC(n2c(CCl)nc3cc(C)ccc32)CC1. The molecule has 2 aromatic rings. The predicted octanol–water partition coefficient (Wildman–Crippen LogP) is 5.61. The molecule has 0 N–H and O–H groups in total. The van der Waals surface area contributed by atoms with E-state index in [-0.39, 0.29) is 0 Å². The summed E-state index contributed by atoms with van der Waals surface area (Å²) >= 11 is 6.16. The predicted molar refractivity (Wildman–Crippen MR) is 89.9 cm³/mol. The molecule has 0 atom stereocenters. The fourth-order valence-electron chi connectivity index (χ4n) is 3.86. The minimum Gasteiger partial charge on any atom is -0.324 e. The highest BCUT2D eigenvalue weighted by Crippen LogP contribution is 2.37. The summed E-state index contributed by atoms with van der Waals surface area (Å²) in [4.78, 5) is 4.75. The van der Waals surface area contributed by atoms with Crippen LogP contribution in [0.4, 0.5) is 0 Å². The largest absolute Gasteiger partial charge is 0.324 e. The molecule has 0 aliphatic heterocycles. The van der Waals surface area contributed by atoms with Crippen LogP contribution in [0, 0.1) is 12.8 Å². The lowest BCUT2D eigenvalue weighted by Crippen LogP contribution is -2.19. The van der Waals surface area contributed by atoms with Crippen LogP contribution in [0.5, 0.6) is 0 Å². The van der Waals surface area contributed by atoms with Crippen molar-refractivity contribution in [3.8, 4) is 0 Å². The normalized spacial score (nSPS) is 22.8. The first-order chi connectivity index (χ1) is 10.2. The molecule has 2 nitrogen and oxygen atoms in total. The second kappa shape index (κ2) is 6.39. The van der Waals surface area contributed by atoms with Gasteiger partial charge in [0.05, 0.1) is 16.9 Å². The molecule has 0 unspecified atom stereocenters. The van der Waals surface area contributed by atoms with Gasteiger partial charge in [-0.1, -0.05) is 25.8 Å². The lowest BCUT2D eigenvalue weighted by atomic mass is 9.83. The van der Waals surface area contributed by atoms with Crippen LogP contribution in [0.1, 0.15) is 62.9 Å². The van der Waals surface area contributed by atoms with E-state index in [9.17, 15) is 0 Å². The highest BCUT2D eigenvalue weighted by atomic mass is 35.5. The van der Waals surface area contributed by atoms with Gasteiger partial charge in [0.15, 0.2) is 0 Å². The Labute approximate surface area is 132 Å². The molecule has 1 heterocycles. The number of benzene rings is 1. The maximum absolute atomic E-state index is 6.16. The first-order valence-electron chi connectivity index (χ1n) is 8.26. The average Bonchev–Trinajstić information content (AvgIpc) is 2.86. The van der Waals surface area contributed by atoms with Crippen LogP contribution in [0.3, 0.4) is 0 Å². The Kier molecular flexibility index (Phi) is 4.54. The number of imidazole rings is 1. The molecule has 0 radical (unpaired) electrons. The highest BCUT2D eigenvalue weighted by molar-refractivity contribution is 6.16. The van der Waals surface area contributed by atoms with Crippen LogP contribution >= 0.6 is 11.6 Å². The smallest absolute Gasteiger partial charge is 0.125 e. The zero-order valence-electron chi connectivity index (χ0n) is 13.1. The van der Waals surface area contributed by atoms with Crippen LogP contribution in [-0.2, 0) is 5.88 Å². The molecule has 0 amide bonds. The number of fused-ring (bicyclic) bond motifs is 1. The molecule has 0 bridgehead atoms. The quantitative estimate of drug-likeness (QED) is 0.671. The molecule has 1 aliphatic rings. The first-order valence-corrected chi connectivity index (χ1v) is 8.79. The van der Waals surface area contributed by atoms with Crippen molar-refractivity contribution in [2.24, 2.45) is 5.92 Å². The summed E-state index contributed by atoms with van der Waals surface area (Å²) in [7, 11) is 0. The molecular formula is C18H25ClN2. The van der Waals surface area contributed by atoms with Crippen LogP contribution in [-0.4, -0.2) is 9.55 Å². The summed E-state index contributed by atoms with van der Waals surface area (Å²) in [5.74, 6) is 2.47. The van der Waals surface area contributed by atoms with Gasteiger partial charge in [-0.25, -0.2) is 4.98 Å². The molecule has 0 spiro atoms. The maximum Gasteiger partial charge on any atom is 0.125 e. The van der Waals surface area contributed by atoms with Crippen molar-refractivity contribution >= 4 is 22.6 Å². The van der Waals surface area contributed by atoms with Gasteiger partial charge in [0.2, 0.25) is 0 Å². The van der Waals surface area contributed by atoms with Crippen molar-refractivity contribution < 1.29 is 0 Å². The topological polar surface area (TPSA) is 17.8 Å². The van der Waals surface area contributed by atoms with Crippen molar-refractivity contribution in [2.45, 2.75) is 64.3 Å². The number of halogens is 1. The number of nitrogens with zero attached hydrogens (tertiary/aromatic N) is 2. The highest BCUT2D eigenvalue weighted by Gasteiger charge is 2.25. The van der Waals surface area contributed by atoms with E-state index >= 15 is 0 Å². The van der Waals surface area contributed by atoms with Gasteiger partial charge in [0.25, 0.3) is 0 Å². The van der Waals surface area contributed by atoms with Gasteiger partial charge >= 0.3 is 0 Å². The van der Waals surface area contributed by atoms with Crippen LogP contribution in [0.2, 0.25) is 0 Å². The fourth-order valence-corrected chi connectivity index (χ4v) is 4.05. The van der Waals surface area contributed by atoms with Crippen LogP contribution in [0.25, 0.3) is 11.0 Å². The van der Waals surface area contributed by atoms with E-state index in [2.05, 4.69) is 36.6 Å². The Bertz CT molecular complexity index is 609. The molecule has 1 aromatic heterocycles. The number of hydrogen-bond acceptors (Lipinski definition) is 1. The summed E-state index contributed by atoms with van der Waals surface area (Å²) in [6, 6.07) is 7.15. The molecule has 1 fully saturated rings. The second-order valence-corrected chi connectivity index (χ2v) is 6.75. The molecule has 1 saturated carbocycles. The molecule has 1 aromatic carbocycles. The number of aryl methyl sites for hydroxylation is 1. The van der Waals surface area contributed by atoms with Gasteiger partial charge in [-0.15, -0.1) is 11.6 Å². The molecule has 114 valence electrons. The molecule has 3 heteroatoms. The molecule has 0 saturated heterocycles. The minimum atomic E-state index is 0.503. The molecular weight excluding hydrogens is 280 g/mol. The Balaban J connectivity index is 1.89. The van der Waals surface area contributed by atoms with Gasteiger partial charge in [-0.2, -0.15) is 0 Å². The van der Waals surface area contributed by atoms with Crippen molar-refractivity contribution in [1.29, 1.82) is 0 Å². The third-order valence-corrected chi connectivity index (χ3v) is 5.15. The van der Waals surface area contributed by atoms with Gasteiger partial charge in [0.1, 0.15) is 5.82 Å². The third-order valence-electron chi connectivity index (χ3n) is 4.92. The summed E-state index contributed by atoms with van der Waals surface area (Å²) in [6.07, 6.45) is 7.95. The Morgan fingerprint density at radius 1 is 1.24 bits per heavy atom. The minimum absolute atomic E-state index is 0.503. The van der Waals surface area contributed by atoms with E-state index in [1.165, 1.54) is 49.6 Å². The summed E-state index contributed by atoms with van der Waals surface area (Å²) in [6.45, 7) is 4.41. The van der Waals surface area contributed by atoms with E-state index in [0.29, 0.717) is 11.9 Å². The van der Waals surface area contributed by atoms with Crippen LogP contribution < -0.4 is 0 Å². The molecule has 1 aliphatic carbocycles. The number of aromatic nitrogens is 2. The number of alkyl halides is 1. The Morgan fingerprint density at radius 3 is 2.67 bits per heavy atom. The first kappa shape index (κ1) is 14.9. The van der Waals surface area contributed by atoms with Crippen LogP contribution in [0.15, 0.2) is 18.2 Å². The second-order valence-electron chi connectivity index (χ2n) is 6.49. The van der Waals surface area contributed by atoms with Crippen molar-refractivity contribution in [2.75, 3.05) is 0 Å². The lowest BCUT2D eigenvalue weighted by molar-refractivity contribution is 0.263. The molecule has 21 heavy (non-hydrogen) atoms. The maximum atomic E-state index is 6.16. The monoisotopic (exact) mass is 304 g/mol. The van der Waals surface area contributed by atoms with Gasteiger partial charge < -0.3 is 4.57 Å². The summed E-state index contributed by atoms with van der Waals surface area (Å²) in [5, 5.41) is 0. The van der Waals surface area contributed by atoms with Crippen molar-refractivity contribution in [3.05, 3.63) is 29.6 Å². The zero-order chi connectivity index (χ0) is 14.8. The Morgan fingerprint density at radius 2 is 2.00 bits per heavy atom. The number of rotatable bonds is 4. The third kappa shape index (κ3) is 2.96. The van der Waals surface area contributed by atoms with Gasteiger partial charge in [-0.3, -0.25) is 0 Å². The lowest BCUT2D eigenvalue weighted by Gasteiger charge is -2.30. The van der Waals surface area contributed by atoms with E-state index in [1.54, 1.807) is 0 Å². The molecule has 3 rings (SSSR count). The average molecular weight is 305 g/mol. The zero-order valence-corrected chi connectivity index (χ0v) is 13.9. The van der Waals surface area contributed by atoms with Gasteiger partial charge in [0, 0.05) is 6.04 Å². The van der Waals surface area contributed by atoms with Gasteiger partial charge in [-0.05, 0) is 56.2 Å². The van der Waals surface area contributed by atoms with Crippen molar-refractivity contribution in [3.63, 3.8) is 0 Å². The number of hydrogen-bond donors (Lipinski definition) is 0. The standard InChI is InChI=1S/C18H25ClN2/c1-3-4-14-6-8-15(9-7-14)21-17-10-5-13(2)11-16(17)20-18(21)12-19/h5,10-11,14-15H,3-4,6-9,12H2,1-2H3. The summed E-state index contributed by atoms with van der Waals surface area (Å²) < 4.78 is 2.42. The Hall–Kier alpha value is -1.02. The summed E-state index contributed by atoms with van der Waals surface area (Å²) in [5.41, 5.74) is 3.62.